The molecule has 3 N–H and O–H groups in total. The number of hydrogen-bond acceptors (Lipinski definition) is 5. The number of rotatable bonds is 3. The topological polar surface area (TPSA) is 113 Å². The van der Waals surface area contributed by atoms with Crippen LogP contribution < -0.4 is 5.73 Å². The van der Waals surface area contributed by atoms with Crippen molar-refractivity contribution < 1.29 is 22.0 Å². The van der Waals surface area contributed by atoms with E-state index in [1.165, 1.54) is 4.90 Å². The Bertz CT molecular complexity index is 397. The van der Waals surface area contributed by atoms with Crippen LogP contribution in [0, 0.1) is 0 Å². The van der Waals surface area contributed by atoms with E-state index >= 15 is 0 Å². The second-order valence-corrected chi connectivity index (χ2v) is 4.89. The van der Waals surface area contributed by atoms with Crippen molar-refractivity contribution >= 4 is 16.4 Å². The third kappa shape index (κ3) is 1.98. The van der Waals surface area contributed by atoms with Gasteiger partial charge in [-0.05, 0) is 12.8 Å². The molecule has 92 valence electrons. The van der Waals surface area contributed by atoms with Crippen LogP contribution in [-0.4, -0.2) is 54.1 Å². The fraction of sp³-hybridized carbons (Fsp3) is 0.857. The van der Waals surface area contributed by atoms with Gasteiger partial charge in [0.2, 0.25) is 0 Å². The van der Waals surface area contributed by atoms with Gasteiger partial charge >= 0.3 is 16.4 Å². The van der Waals surface area contributed by atoms with Gasteiger partial charge in [-0.3, -0.25) is 4.55 Å². The Hall–Kier alpha value is -0.900. The number of nitrogens with zero attached hydrogens (tertiary/aromatic N) is 2. The van der Waals surface area contributed by atoms with Crippen molar-refractivity contribution in [1.82, 2.24) is 9.96 Å². The molecule has 2 atom stereocenters. The highest BCUT2D eigenvalue weighted by molar-refractivity contribution is 7.80. The molecule has 2 fully saturated rings. The normalized spacial score (nSPS) is 30.0. The van der Waals surface area contributed by atoms with Gasteiger partial charge < -0.3 is 10.6 Å². The van der Waals surface area contributed by atoms with Crippen LogP contribution in [0.4, 0.5) is 4.79 Å². The van der Waals surface area contributed by atoms with Crippen LogP contribution in [0.15, 0.2) is 0 Å². The third-order valence-electron chi connectivity index (χ3n) is 2.89. The number of carbonyl (C=O) groups is 1. The standard InChI is InChI=1S/C7H13N3O5S/c8-3-5-1-2-6-4-9(5)7(11)10(6)15-16(12,13)14/h5-6H,1-4,8H2,(H,12,13,14). The van der Waals surface area contributed by atoms with Gasteiger partial charge in [0.1, 0.15) is 0 Å². The molecule has 0 radical (unpaired) electrons. The molecule has 2 rings (SSSR count). The first-order valence-corrected chi connectivity index (χ1v) is 6.26. The summed E-state index contributed by atoms with van der Waals surface area (Å²) in [5, 5.41) is 0.713. The average molecular weight is 251 g/mol. The van der Waals surface area contributed by atoms with E-state index in [1.807, 2.05) is 0 Å². The Morgan fingerprint density at radius 2 is 2.19 bits per heavy atom. The zero-order chi connectivity index (χ0) is 11.9. The minimum Gasteiger partial charge on any atom is -0.328 e. The summed E-state index contributed by atoms with van der Waals surface area (Å²) in [5.41, 5.74) is 5.50. The van der Waals surface area contributed by atoms with Crippen LogP contribution in [-0.2, 0) is 14.7 Å². The number of piperidine rings is 1. The molecule has 2 unspecified atom stereocenters. The lowest BCUT2D eigenvalue weighted by atomic mass is 10.0. The minimum absolute atomic E-state index is 0.0845. The first-order chi connectivity index (χ1) is 7.42. The van der Waals surface area contributed by atoms with Crippen molar-refractivity contribution in [3.05, 3.63) is 0 Å². The molecule has 2 bridgehead atoms. The number of fused-ring (bicyclic) bond motifs is 2. The molecule has 8 nitrogen and oxygen atoms in total. The number of carbonyl (C=O) groups excluding carboxylic acids is 1. The molecule has 0 aromatic rings. The molecule has 0 saturated carbocycles. The predicted octanol–water partition coefficient (Wildman–Crippen LogP) is -1.05. The summed E-state index contributed by atoms with van der Waals surface area (Å²) >= 11 is 0. The highest BCUT2D eigenvalue weighted by Crippen LogP contribution is 2.29. The predicted molar refractivity (Wildman–Crippen MR) is 52.4 cm³/mol. The third-order valence-corrected chi connectivity index (χ3v) is 3.24. The van der Waals surface area contributed by atoms with Gasteiger partial charge in [0, 0.05) is 19.1 Å². The zero-order valence-corrected chi connectivity index (χ0v) is 9.26. The van der Waals surface area contributed by atoms with Crippen LogP contribution in [0.5, 0.6) is 0 Å². The Morgan fingerprint density at radius 3 is 2.75 bits per heavy atom. The molecule has 16 heavy (non-hydrogen) atoms. The Balaban J connectivity index is 2.16. The SMILES string of the molecule is NCC1CCC2CN1C(=O)N2OS(=O)(=O)O. The molecule has 0 aromatic heterocycles. The summed E-state index contributed by atoms with van der Waals surface area (Å²) in [6, 6.07) is -0.980. The quantitative estimate of drug-likeness (QED) is 0.619. The lowest BCUT2D eigenvalue weighted by Gasteiger charge is -2.28. The van der Waals surface area contributed by atoms with E-state index in [1.54, 1.807) is 0 Å². The van der Waals surface area contributed by atoms with Gasteiger partial charge in [-0.2, -0.15) is 13.5 Å². The maximum atomic E-state index is 11.7. The smallest absolute Gasteiger partial charge is 0.328 e. The number of hydroxylamine groups is 2. The monoisotopic (exact) mass is 251 g/mol. The fourth-order valence-corrected chi connectivity index (χ4v) is 2.54. The molecular weight excluding hydrogens is 238 g/mol. The number of nitrogens with two attached hydrogens (primary N) is 1. The molecule has 2 aliphatic rings. The molecule has 9 heteroatoms. The average Bonchev–Trinajstić information content (AvgIpc) is 2.43. The van der Waals surface area contributed by atoms with E-state index in [2.05, 4.69) is 4.28 Å². The van der Waals surface area contributed by atoms with Gasteiger partial charge in [0.05, 0.1) is 6.04 Å². The summed E-state index contributed by atoms with van der Waals surface area (Å²) in [7, 11) is -4.66. The van der Waals surface area contributed by atoms with Gasteiger partial charge in [-0.15, -0.1) is 4.28 Å². The minimum atomic E-state index is -4.66. The molecule has 0 aliphatic carbocycles. The lowest BCUT2D eigenvalue weighted by Crippen LogP contribution is -2.44. The second-order valence-electron chi connectivity index (χ2n) is 3.88. The molecular formula is C7H13N3O5S. The van der Waals surface area contributed by atoms with Crippen LogP contribution in [0.25, 0.3) is 0 Å². The van der Waals surface area contributed by atoms with Crippen molar-refractivity contribution in [2.45, 2.75) is 24.9 Å². The largest absolute Gasteiger partial charge is 0.418 e. The van der Waals surface area contributed by atoms with Gasteiger partial charge in [-0.1, -0.05) is 0 Å². The van der Waals surface area contributed by atoms with E-state index < -0.39 is 16.4 Å². The van der Waals surface area contributed by atoms with Gasteiger partial charge in [0.25, 0.3) is 0 Å². The van der Waals surface area contributed by atoms with Crippen molar-refractivity contribution in [2.75, 3.05) is 13.1 Å². The lowest BCUT2D eigenvalue weighted by molar-refractivity contribution is -0.0317. The first-order valence-electron chi connectivity index (χ1n) is 4.89. The molecule has 0 spiro atoms. The number of hydrogen-bond donors (Lipinski definition) is 2. The highest BCUT2D eigenvalue weighted by atomic mass is 32.3. The van der Waals surface area contributed by atoms with E-state index in [4.69, 9.17) is 10.3 Å². The molecule has 2 heterocycles. The molecule has 2 saturated heterocycles. The maximum absolute atomic E-state index is 11.7. The van der Waals surface area contributed by atoms with E-state index in [9.17, 15) is 13.2 Å². The summed E-state index contributed by atoms with van der Waals surface area (Å²) in [4.78, 5) is 13.2. The van der Waals surface area contributed by atoms with E-state index in [0.29, 0.717) is 31.0 Å². The fourth-order valence-electron chi connectivity index (χ4n) is 2.16. The van der Waals surface area contributed by atoms with Crippen molar-refractivity contribution in [3.8, 4) is 0 Å². The molecule has 0 aromatic carbocycles. The highest BCUT2D eigenvalue weighted by Gasteiger charge is 2.46. The van der Waals surface area contributed by atoms with Crippen molar-refractivity contribution in [2.24, 2.45) is 5.73 Å². The second kappa shape index (κ2) is 3.84. The number of amides is 2. The van der Waals surface area contributed by atoms with Crippen molar-refractivity contribution in [3.63, 3.8) is 0 Å². The van der Waals surface area contributed by atoms with E-state index in [0.717, 1.165) is 0 Å². The Labute approximate surface area is 92.8 Å². The summed E-state index contributed by atoms with van der Waals surface area (Å²) in [5.74, 6) is 0. The summed E-state index contributed by atoms with van der Waals surface area (Å²) < 4.78 is 33.9. The summed E-state index contributed by atoms with van der Waals surface area (Å²) in [6.45, 7) is 0.717. The van der Waals surface area contributed by atoms with Crippen LogP contribution in [0.1, 0.15) is 12.8 Å². The van der Waals surface area contributed by atoms with E-state index in [-0.39, 0.29) is 12.1 Å². The van der Waals surface area contributed by atoms with Crippen LogP contribution in [0.3, 0.4) is 0 Å². The Morgan fingerprint density at radius 1 is 1.50 bits per heavy atom. The first kappa shape index (κ1) is 11.6. The van der Waals surface area contributed by atoms with Crippen molar-refractivity contribution in [1.29, 1.82) is 0 Å². The van der Waals surface area contributed by atoms with Gasteiger partial charge in [0.15, 0.2) is 0 Å². The maximum Gasteiger partial charge on any atom is 0.418 e. The zero-order valence-electron chi connectivity index (χ0n) is 8.44. The van der Waals surface area contributed by atoms with Crippen LogP contribution >= 0.6 is 0 Å². The Kier molecular flexibility index (Phi) is 2.78. The molecule has 2 aliphatic heterocycles. The summed E-state index contributed by atoms with van der Waals surface area (Å²) in [6.07, 6.45) is 1.32. The van der Waals surface area contributed by atoms with Gasteiger partial charge in [-0.25, -0.2) is 4.79 Å². The number of urea groups is 1. The molecule has 2 amide bonds. The van der Waals surface area contributed by atoms with Crippen LogP contribution in [0.2, 0.25) is 0 Å².